The van der Waals surface area contributed by atoms with Crippen LogP contribution in [0.4, 0.5) is 8.78 Å². The van der Waals surface area contributed by atoms with E-state index in [1.807, 2.05) is 6.20 Å². The number of likely N-dealkylation sites (tertiary alicyclic amines) is 1. The number of hydrogen-bond donors (Lipinski definition) is 0. The maximum absolute atomic E-state index is 12.7. The van der Waals surface area contributed by atoms with Gasteiger partial charge in [-0.15, -0.1) is 11.3 Å². The molecule has 0 saturated carbocycles. The van der Waals surface area contributed by atoms with Crippen LogP contribution in [0.25, 0.3) is 10.7 Å². The van der Waals surface area contributed by atoms with E-state index in [-0.39, 0.29) is 11.8 Å². The van der Waals surface area contributed by atoms with Crippen molar-refractivity contribution in [3.05, 3.63) is 35.0 Å². The zero-order chi connectivity index (χ0) is 21.0. The molecule has 29 heavy (non-hydrogen) atoms. The summed E-state index contributed by atoms with van der Waals surface area (Å²) in [7, 11) is 0. The van der Waals surface area contributed by atoms with Crippen molar-refractivity contribution in [2.24, 2.45) is 17.3 Å². The normalized spacial score (nSPS) is 20.7. The Bertz CT molecular complexity index is 853. The zero-order valence-corrected chi connectivity index (χ0v) is 18.1. The lowest BCUT2D eigenvalue weighted by atomic mass is 9.72. The fraction of sp³-hybridized carbons (Fsp3) is 0.591. The van der Waals surface area contributed by atoms with Crippen molar-refractivity contribution >= 4 is 11.3 Å². The van der Waals surface area contributed by atoms with Gasteiger partial charge in [0.2, 0.25) is 6.43 Å². The highest BCUT2D eigenvalue weighted by molar-refractivity contribution is 7.14. The van der Waals surface area contributed by atoms with E-state index in [2.05, 4.69) is 41.7 Å². The van der Waals surface area contributed by atoms with Gasteiger partial charge in [-0.05, 0) is 42.2 Å². The molecule has 156 valence electrons. The highest BCUT2D eigenvalue weighted by Gasteiger charge is 2.34. The smallest absolute Gasteiger partial charge is 0.238 e. The van der Waals surface area contributed by atoms with Crippen molar-refractivity contribution in [1.82, 2.24) is 14.9 Å². The van der Waals surface area contributed by atoms with E-state index in [9.17, 15) is 8.78 Å². The number of aromatic nitrogens is 2. The second kappa shape index (κ2) is 9.27. The molecule has 4 nitrogen and oxygen atoms in total. The summed E-state index contributed by atoms with van der Waals surface area (Å²) in [5.74, 6) is 0.795. The van der Waals surface area contributed by atoms with Gasteiger partial charge in [0.05, 0.1) is 11.6 Å². The largest absolute Gasteiger partial charge is 0.298 e. The Balaban J connectivity index is 1.70. The number of rotatable bonds is 6. The second-order valence-corrected chi connectivity index (χ2v) is 10.1. The molecule has 3 rings (SSSR count). The number of hydrogen-bond acceptors (Lipinski definition) is 5. The summed E-state index contributed by atoms with van der Waals surface area (Å²) < 4.78 is 25.5. The molecule has 1 fully saturated rings. The summed E-state index contributed by atoms with van der Waals surface area (Å²) in [5, 5.41) is 9.88. The minimum atomic E-state index is -2.22. The van der Waals surface area contributed by atoms with Gasteiger partial charge in [0, 0.05) is 43.3 Å². The van der Waals surface area contributed by atoms with E-state index in [0.717, 1.165) is 35.9 Å². The summed E-state index contributed by atoms with van der Waals surface area (Å²) in [4.78, 5) is 12.3. The minimum Gasteiger partial charge on any atom is -0.298 e. The SMILES string of the molecule is CC(C)(C)C1CC(CCC(F)F)CN(Cc2cnc(-c3cc(C#N)ccn3)s2)C1. The first-order chi connectivity index (χ1) is 13.7. The average molecular weight is 419 g/mol. The molecule has 7 heteroatoms. The fourth-order valence-electron chi connectivity index (χ4n) is 3.97. The van der Waals surface area contributed by atoms with Crippen molar-refractivity contribution in [2.45, 2.75) is 53.0 Å². The van der Waals surface area contributed by atoms with Crippen LogP contribution in [0, 0.1) is 28.6 Å². The lowest BCUT2D eigenvalue weighted by Gasteiger charge is -2.43. The molecule has 1 aliphatic rings. The Morgan fingerprint density at radius 3 is 2.79 bits per heavy atom. The van der Waals surface area contributed by atoms with Crippen molar-refractivity contribution in [3.63, 3.8) is 0 Å². The average Bonchev–Trinajstić information content (AvgIpc) is 3.14. The molecule has 2 unspecified atom stereocenters. The zero-order valence-electron chi connectivity index (χ0n) is 17.2. The van der Waals surface area contributed by atoms with Gasteiger partial charge in [-0.25, -0.2) is 13.8 Å². The molecule has 0 aromatic carbocycles. The lowest BCUT2D eigenvalue weighted by Crippen LogP contribution is -2.44. The standard InChI is InChI=1S/C22H28F2N4S/c1-22(2,3)17-8-16(4-5-20(23)24)12-28(13-17)14-18-11-27-21(29-18)19-9-15(10-25)6-7-26-19/h6-7,9,11,16-17,20H,4-5,8,12-14H2,1-3H3. The molecule has 0 radical (unpaired) electrons. The second-order valence-electron chi connectivity index (χ2n) is 9.00. The highest BCUT2D eigenvalue weighted by atomic mass is 32.1. The molecule has 0 amide bonds. The van der Waals surface area contributed by atoms with Gasteiger partial charge in [0.25, 0.3) is 0 Å². The Kier molecular flexibility index (Phi) is 6.97. The third-order valence-electron chi connectivity index (χ3n) is 5.67. The van der Waals surface area contributed by atoms with Gasteiger partial charge in [-0.2, -0.15) is 5.26 Å². The maximum Gasteiger partial charge on any atom is 0.238 e. The van der Waals surface area contributed by atoms with E-state index in [0.29, 0.717) is 29.5 Å². The molecule has 1 saturated heterocycles. The first-order valence-corrected chi connectivity index (χ1v) is 10.9. The van der Waals surface area contributed by atoms with Crippen LogP contribution >= 0.6 is 11.3 Å². The molecule has 3 heterocycles. The van der Waals surface area contributed by atoms with E-state index in [4.69, 9.17) is 5.26 Å². The van der Waals surface area contributed by atoms with Gasteiger partial charge in [0.15, 0.2) is 0 Å². The summed E-state index contributed by atoms with van der Waals surface area (Å²) in [6.07, 6.45) is 2.86. The summed E-state index contributed by atoms with van der Waals surface area (Å²) in [6.45, 7) is 9.32. The first kappa shape index (κ1) is 21.8. The molecular formula is C22H28F2N4S. The van der Waals surface area contributed by atoms with E-state index < -0.39 is 6.43 Å². The van der Waals surface area contributed by atoms with Crippen LogP contribution in [-0.2, 0) is 6.54 Å². The van der Waals surface area contributed by atoms with Crippen LogP contribution in [0.3, 0.4) is 0 Å². The number of nitrogens with zero attached hydrogens (tertiary/aromatic N) is 4. The van der Waals surface area contributed by atoms with Crippen LogP contribution < -0.4 is 0 Å². The van der Waals surface area contributed by atoms with Crippen LogP contribution in [0.1, 0.15) is 50.5 Å². The predicted octanol–water partition coefficient (Wildman–Crippen LogP) is 5.61. The molecule has 1 aliphatic heterocycles. The van der Waals surface area contributed by atoms with E-state index in [1.54, 1.807) is 29.7 Å². The van der Waals surface area contributed by atoms with Crippen molar-refractivity contribution in [1.29, 1.82) is 5.26 Å². The highest BCUT2D eigenvalue weighted by Crippen LogP contribution is 2.38. The topological polar surface area (TPSA) is 52.8 Å². The number of thiazole rings is 1. The van der Waals surface area contributed by atoms with Crippen LogP contribution in [-0.4, -0.2) is 34.4 Å². The van der Waals surface area contributed by atoms with Gasteiger partial charge in [-0.3, -0.25) is 9.88 Å². The van der Waals surface area contributed by atoms with E-state index in [1.165, 1.54) is 0 Å². The maximum atomic E-state index is 12.7. The summed E-state index contributed by atoms with van der Waals surface area (Å²) in [6, 6.07) is 5.56. The first-order valence-electron chi connectivity index (χ1n) is 10.1. The van der Waals surface area contributed by atoms with Crippen LogP contribution in [0.15, 0.2) is 24.5 Å². The van der Waals surface area contributed by atoms with Gasteiger partial charge in [0.1, 0.15) is 10.7 Å². The molecule has 0 bridgehead atoms. The van der Waals surface area contributed by atoms with E-state index >= 15 is 0 Å². The number of alkyl halides is 2. The van der Waals surface area contributed by atoms with Gasteiger partial charge < -0.3 is 0 Å². The van der Waals surface area contributed by atoms with Gasteiger partial charge >= 0.3 is 0 Å². The van der Waals surface area contributed by atoms with Crippen molar-refractivity contribution in [2.75, 3.05) is 13.1 Å². The molecule has 2 aromatic heterocycles. The number of piperidine rings is 1. The molecular weight excluding hydrogens is 390 g/mol. The third kappa shape index (κ3) is 6.03. The molecule has 0 N–H and O–H groups in total. The number of pyridine rings is 1. The van der Waals surface area contributed by atoms with Gasteiger partial charge in [-0.1, -0.05) is 20.8 Å². The monoisotopic (exact) mass is 418 g/mol. The molecule has 0 aliphatic carbocycles. The summed E-state index contributed by atoms with van der Waals surface area (Å²) >= 11 is 1.58. The molecule has 2 atom stereocenters. The summed E-state index contributed by atoms with van der Waals surface area (Å²) in [5.41, 5.74) is 1.43. The Morgan fingerprint density at radius 2 is 2.10 bits per heavy atom. The fourth-order valence-corrected chi connectivity index (χ4v) is 4.89. The third-order valence-corrected chi connectivity index (χ3v) is 6.68. The van der Waals surface area contributed by atoms with Crippen molar-refractivity contribution < 1.29 is 8.78 Å². The quantitative estimate of drug-likeness (QED) is 0.612. The Hall–Kier alpha value is -1.91. The van der Waals surface area contributed by atoms with Crippen LogP contribution in [0.2, 0.25) is 0 Å². The van der Waals surface area contributed by atoms with Crippen molar-refractivity contribution in [3.8, 4) is 16.8 Å². The Labute approximate surface area is 175 Å². The predicted molar refractivity (Wildman–Crippen MR) is 112 cm³/mol. The molecule has 0 spiro atoms. The van der Waals surface area contributed by atoms with Crippen LogP contribution in [0.5, 0.6) is 0 Å². The minimum absolute atomic E-state index is 0.0129. The number of halogens is 2. The molecule has 2 aromatic rings. The Morgan fingerprint density at radius 1 is 1.31 bits per heavy atom. The lowest BCUT2D eigenvalue weighted by molar-refractivity contribution is 0.0448. The number of nitriles is 1.